The van der Waals surface area contributed by atoms with Crippen molar-refractivity contribution in [1.29, 1.82) is 0 Å². The molecule has 0 aliphatic carbocycles. The van der Waals surface area contributed by atoms with E-state index in [-0.39, 0.29) is 6.04 Å². The highest BCUT2D eigenvalue weighted by molar-refractivity contribution is 5.67. The molecular formula is C12H25N3O2. The van der Waals surface area contributed by atoms with Crippen LogP contribution in [0.25, 0.3) is 0 Å². The van der Waals surface area contributed by atoms with Crippen molar-refractivity contribution in [2.75, 3.05) is 19.6 Å². The fraction of sp³-hybridized carbons (Fsp3) is 0.750. The third-order valence-electron chi connectivity index (χ3n) is 1.87. The van der Waals surface area contributed by atoms with Gasteiger partial charge in [0.2, 0.25) is 0 Å². The summed E-state index contributed by atoms with van der Waals surface area (Å²) in [5.74, 6) is 0. The quantitative estimate of drug-likeness (QED) is 0.608. The highest BCUT2D eigenvalue weighted by Crippen LogP contribution is 2.06. The number of nitrogens with two attached hydrogens (primary N) is 1. The van der Waals surface area contributed by atoms with Crippen molar-refractivity contribution in [3.63, 3.8) is 0 Å². The minimum atomic E-state index is -0.479. The number of alkyl carbamates (subject to hydrolysis) is 1. The van der Waals surface area contributed by atoms with Crippen molar-refractivity contribution in [1.82, 2.24) is 10.6 Å². The van der Waals surface area contributed by atoms with Gasteiger partial charge in [-0.05, 0) is 27.7 Å². The summed E-state index contributed by atoms with van der Waals surface area (Å²) < 4.78 is 5.12. The van der Waals surface area contributed by atoms with Gasteiger partial charge in [-0.3, -0.25) is 0 Å². The molecular weight excluding hydrogens is 218 g/mol. The number of hydrogen-bond donors (Lipinski definition) is 3. The standard InChI is InChI=1S/C12H25N3O2/c1-9(2)7-14-10(6-13)8-15-11(16)17-12(3,4)5/h10,14H,1,6-8,13H2,2-5H3,(H,15,16). The first-order valence-electron chi connectivity index (χ1n) is 5.79. The molecule has 0 heterocycles. The number of nitrogens with one attached hydrogen (secondary N) is 2. The predicted molar refractivity (Wildman–Crippen MR) is 69.9 cm³/mol. The SMILES string of the molecule is C=C(C)CNC(CN)CNC(=O)OC(C)(C)C. The van der Waals surface area contributed by atoms with Crippen LogP contribution in [0.3, 0.4) is 0 Å². The van der Waals surface area contributed by atoms with Gasteiger partial charge < -0.3 is 21.1 Å². The maximum absolute atomic E-state index is 11.4. The molecule has 0 radical (unpaired) electrons. The summed E-state index contributed by atoms with van der Waals surface area (Å²) in [5, 5.41) is 5.87. The van der Waals surface area contributed by atoms with Crippen LogP contribution in [-0.4, -0.2) is 37.4 Å². The Bertz CT molecular complexity index is 259. The second kappa shape index (κ2) is 7.29. The number of amides is 1. The summed E-state index contributed by atoms with van der Waals surface area (Å²) in [6, 6.07) is 0.0271. The fourth-order valence-corrected chi connectivity index (χ4v) is 1.08. The van der Waals surface area contributed by atoms with Gasteiger partial charge in [0.1, 0.15) is 5.60 Å². The smallest absolute Gasteiger partial charge is 0.407 e. The Balaban J connectivity index is 3.90. The second-order valence-corrected chi connectivity index (χ2v) is 5.15. The molecule has 0 aromatic heterocycles. The van der Waals surface area contributed by atoms with Crippen LogP contribution in [0.5, 0.6) is 0 Å². The van der Waals surface area contributed by atoms with Gasteiger partial charge in [-0.15, -0.1) is 0 Å². The Kier molecular flexibility index (Phi) is 6.83. The van der Waals surface area contributed by atoms with E-state index in [4.69, 9.17) is 10.5 Å². The Morgan fingerprint density at radius 1 is 1.47 bits per heavy atom. The summed E-state index contributed by atoms with van der Waals surface area (Å²) in [6.45, 7) is 12.8. The van der Waals surface area contributed by atoms with Crippen molar-refractivity contribution in [3.8, 4) is 0 Å². The van der Waals surface area contributed by atoms with E-state index in [1.165, 1.54) is 0 Å². The Morgan fingerprint density at radius 3 is 2.47 bits per heavy atom. The van der Waals surface area contributed by atoms with Gasteiger partial charge in [0.15, 0.2) is 0 Å². The molecule has 0 aromatic rings. The lowest BCUT2D eigenvalue weighted by atomic mass is 10.2. The Hall–Kier alpha value is -1.07. The molecule has 0 fully saturated rings. The first-order chi connectivity index (χ1) is 7.74. The summed E-state index contributed by atoms with van der Waals surface area (Å²) >= 11 is 0. The fourth-order valence-electron chi connectivity index (χ4n) is 1.08. The number of ether oxygens (including phenoxy) is 1. The molecule has 0 saturated carbocycles. The number of carbonyl (C=O) groups excluding carboxylic acids is 1. The van der Waals surface area contributed by atoms with Crippen LogP contribution in [0, 0.1) is 0 Å². The lowest BCUT2D eigenvalue weighted by molar-refractivity contribution is 0.0523. The molecule has 0 aromatic carbocycles. The van der Waals surface area contributed by atoms with Gasteiger partial charge in [0, 0.05) is 25.7 Å². The van der Waals surface area contributed by atoms with E-state index in [1.807, 2.05) is 27.7 Å². The van der Waals surface area contributed by atoms with Crippen LogP contribution in [0.1, 0.15) is 27.7 Å². The lowest BCUT2D eigenvalue weighted by Crippen LogP contribution is -2.46. The van der Waals surface area contributed by atoms with Gasteiger partial charge in [0.05, 0.1) is 0 Å². The largest absolute Gasteiger partial charge is 0.444 e. The number of hydrogen-bond acceptors (Lipinski definition) is 4. The average Bonchev–Trinajstić information content (AvgIpc) is 2.14. The van der Waals surface area contributed by atoms with Crippen LogP contribution in [0.2, 0.25) is 0 Å². The van der Waals surface area contributed by atoms with Crippen LogP contribution in [0.15, 0.2) is 12.2 Å². The zero-order valence-corrected chi connectivity index (χ0v) is 11.3. The van der Waals surface area contributed by atoms with Gasteiger partial charge in [-0.2, -0.15) is 0 Å². The van der Waals surface area contributed by atoms with E-state index in [0.29, 0.717) is 19.6 Å². The van der Waals surface area contributed by atoms with Crippen molar-refractivity contribution in [3.05, 3.63) is 12.2 Å². The van der Waals surface area contributed by atoms with Crippen molar-refractivity contribution in [2.45, 2.75) is 39.3 Å². The van der Waals surface area contributed by atoms with E-state index in [2.05, 4.69) is 17.2 Å². The maximum atomic E-state index is 11.4. The van der Waals surface area contributed by atoms with Crippen LogP contribution >= 0.6 is 0 Å². The van der Waals surface area contributed by atoms with Gasteiger partial charge in [-0.1, -0.05) is 12.2 Å². The van der Waals surface area contributed by atoms with Crippen LogP contribution in [0.4, 0.5) is 4.79 Å². The van der Waals surface area contributed by atoms with Gasteiger partial charge in [0.25, 0.3) is 0 Å². The summed E-state index contributed by atoms with van der Waals surface area (Å²) in [4.78, 5) is 11.4. The molecule has 17 heavy (non-hydrogen) atoms. The van der Waals surface area contributed by atoms with Crippen molar-refractivity contribution >= 4 is 6.09 Å². The minimum absolute atomic E-state index is 0.0271. The molecule has 0 aliphatic rings. The average molecular weight is 243 g/mol. The minimum Gasteiger partial charge on any atom is -0.444 e. The predicted octanol–water partition coefficient (Wildman–Crippen LogP) is 1.00. The molecule has 0 saturated heterocycles. The molecule has 100 valence electrons. The lowest BCUT2D eigenvalue weighted by Gasteiger charge is -2.22. The Labute approximate surface area is 104 Å². The second-order valence-electron chi connectivity index (χ2n) is 5.15. The zero-order chi connectivity index (χ0) is 13.5. The Morgan fingerprint density at radius 2 is 2.06 bits per heavy atom. The molecule has 1 atom stereocenters. The molecule has 0 bridgehead atoms. The summed E-state index contributed by atoms with van der Waals surface area (Å²) in [5.41, 5.74) is 6.14. The number of rotatable bonds is 6. The molecule has 4 N–H and O–H groups in total. The third-order valence-corrected chi connectivity index (χ3v) is 1.87. The molecule has 1 unspecified atom stereocenters. The van der Waals surface area contributed by atoms with E-state index in [9.17, 15) is 4.79 Å². The molecule has 0 rings (SSSR count). The molecule has 0 aliphatic heterocycles. The zero-order valence-electron chi connectivity index (χ0n) is 11.3. The monoisotopic (exact) mass is 243 g/mol. The molecule has 5 heteroatoms. The van der Waals surface area contributed by atoms with Crippen LogP contribution < -0.4 is 16.4 Å². The van der Waals surface area contributed by atoms with Crippen molar-refractivity contribution < 1.29 is 9.53 Å². The molecule has 1 amide bonds. The van der Waals surface area contributed by atoms with E-state index in [1.54, 1.807) is 0 Å². The topological polar surface area (TPSA) is 76.4 Å². The first kappa shape index (κ1) is 15.9. The first-order valence-corrected chi connectivity index (χ1v) is 5.79. The van der Waals surface area contributed by atoms with E-state index in [0.717, 1.165) is 5.57 Å². The summed E-state index contributed by atoms with van der Waals surface area (Å²) in [6.07, 6.45) is -0.423. The highest BCUT2D eigenvalue weighted by atomic mass is 16.6. The third kappa shape index (κ3) is 9.84. The molecule has 0 spiro atoms. The summed E-state index contributed by atoms with van der Waals surface area (Å²) in [7, 11) is 0. The molecule has 5 nitrogen and oxygen atoms in total. The van der Waals surface area contributed by atoms with Crippen LogP contribution in [-0.2, 0) is 4.74 Å². The van der Waals surface area contributed by atoms with Crippen molar-refractivity contribution in [2.24, 2.45) is 5.73 Å². The number of carbonyl (C=O) groups is 1. The highest BCUT2D eigenvalue weighted by Gasteiger charge is 2.16. The normalized spacial score (nSPS) is 13.0. The van der Waals surface area contributed by atoms with Gasteiger partial charge in [-0.25, -0.2) is 4.79 Å². The van der Waals surface area contributed by atoms with E-state index < -0.39 is 11.7 Å². The van der Waals surface area contributed by atoms with E-state index >= 15 is 0 Å². The maximum Gasteiger partial charge on any atom is 0.407 e. The van der Waals surface area contributed by atoms with Gasteiger partial charge >= 0.3 is 6.09 Å².